The molecule has 0 heterocycles. The van der Waals surface area contributed by atoms with E-state index < -0.39 is 11.7 Å². The number of hydrogen-bond acceptors (Lipinski definition) is 2. The lowest BCUT2D eigenvalue weighted by molar-refractivity contribution is -0.113. The molecule has 0 saturated carbocycles. The Bertz CT molecular complexity index is 390. The van der Waals surface area contributed by atoms with Gasteiger partial charge in [0.1, 0.15) is 0 Å². The average molecular weight is 286 g/mol. The first kappa shape index (κ1) is 13.5. The molecule has 0 aromatic heterocycles. The van der Waals surface area contributed by atoms with E-state index in [1.54, 1.807) is 6.07 Å². The molecule has 0 atom stereocenters. The quantitative estimate of drug-likeness (QED) is 0.909. The second kappa shape index (κ2) is 6.27. The third-order valence-corrected chi connectivity index (χ3v) is 2.96. The number of anilines is 1. The Balaban J connectivity index is 2.53. The Morgan fingerprint density at radius 3 is 2.62 bits per heavy atom. The van der Waals surface area contributed by atoms with Gasteiger partial charge < -0.3 is 5.32 Å². The second-order valence-corrected chi connectivity index (χ2v) is 4.54. The molecule has 0 spiro atoms. The zero-order valence-corrected chi connectivity index (χ0v) is 10.2. The fourth-order valence-corrected chi connectivity index (χ4v) is 1.56. The standard InChI is InChI=1S/C9H7Cl2F2NOS/c10-6-2-1-5(3-7(6)11)14-8(15)4-16-9(12)13/h1-3,9H,4H2,(H,14,15). The minimum atomic E-state index is -2.56. The summed E-state index contributed by atoms with van der Waals surface area (Å²) in [4.78, 5) is 11.2. The number of benzene rings is 1. The Hall–Kier alpha value is -0.520. The van der Waals surface area contributed by atoms with E-state index in [1.165, 1.54) is 12.1 Å². The summed E-state index contributed by atoms with van der Waals surface area (Å²) in [5.41, 5.74) is 0.425. The predicted octanol–water partition coefficient (Wildman–Crippen LogP) is 3.89. The number of hydrogen-bond donors (Lipinski definition) is 1. The molecule has 88 valence electrons. The monoisotopic (exact) mass is 285 g/mol. The van der Waals surface area contributed by atoms with Gasteiger partial charge in [-0.05, 0) is 18.2 Å². The van der Waals surface area contributed by atoms with Gasteiger partial charge in [-0.25, -0.2) is 0 Å². The maximum Gasteiger partial charge on any atom is 0.285 e. The molecule has 0 radical (unpaired) electrons. The molecule has 0 unspecified atom stereocenters. The Kier molecular flexibility index (Phi) is 5.31. The zero-order chi connectivity index (χ0) is 12.1. The van der Waals surface area contributed by atoms with Gasteiger partial charge in [0.2, 0.25) is 5.91 Å². The highest BCUT2D eigenvalue weighted by Gasteiger charge is 2.09. The molecule has 0 aliphatic heterocycles. The molecular formula is C9H7Cl2F2NOS. The van der Waals surface area contributed by atoms with Crippen molar-refractivity contribution in [3.63, 3.8) is 0 Å². The van der Waals surface area contributed by atoms with Crippen LogP contribution in [0.25, 0.3) is 0 Å². The lowest BCUT2D eigenvalue weighted by Gasteiger charge is -2.05. The Morgan fingerprint density at radius 2 is 2.06 bits per heavy atom. The lowest BCUT2D eigenvalue weighted by Crippen LogP contribution is -2.14. The van der Waals surface area contributed by atoms with Crippen molar-refractivity contribution in [2.45, 2.75) is 5.76 Å². The molecule has 1 N–H and O–H groups in total. The smallest absolute Gasteiger partial charge is 0.285 e. The summed E-state index contributed by atoms with van der Waals surface area (Å²) >= 11 is 11.6. The maximum absolute atomic E-state index is 11.8. The lowest BCUT2D eigenvalue weighted by atomic mass is 10.3. The van der Waals surface area contributed by atoms with Crippen LogP contribution in [-0.4, -0.2) is 17.4 Å². The van der Waals surface area contributed by atoms with Gasteiger partial charge in [-0.2, -0.15) is 8.78 Å². The summed E-state index contributed by atoms with van der Waals surface area (Å²) in [6.45, 7) is 0. The molecule has 0 bridgehead atoms. The third kappa shape index (κ3) is 4.55. The van der Waals surface area contributed by atoms with Crippen LogP contribution in [0.4, 0.5) is 14.5 Å². The number of amides is 1. The van der Waals surface area contributed by atoms with E-state index in [4.69, 9.17) is 23.2 Å². The number of carbonyl (C=O) groups excluding carboxylic acids is 1. The van der Waals surface area contributed by atoms with Crippen LogP contribution < -0.4 is 5.32 Å². The summed E-state index contributed by atoms with van der Waals surface area (Å²) in [5, 5.41) is 3.08. The summed E-state index contributed by atoms with van der Waals surface area (Å²) in [7, 11) is 0. The Morgan fingerprint density at radius 1 is 1.38 bits per heavy atom. The zero-order valence-electron chi connectivity index (χ0n) is 7.84. The third-order valence-electron chi connectivity index (χ3n) is 1.54. The molecule has 16 heavy (non-hydrogen) atoms. The van der Waals surface area contributed by atoms with Crippen molar-refractivity contribution in [3.05, 3.63) is 28.2 Å². The molecular weight excluding hydrogens is 279 g/mol. The normalized spacial score (nSPS) is 10.6. The average Bonchev–Trinajstić information content (AvgIpc) is 2.21. The van der Waals surface area contributed by atoms with Crippen molar-refractivity contribution in [2.75, 3.05) is 11.1 Å². The van der Waals surface area contributed by atoms with Crippen LogP contribution in [0.1, 0.15) is 0 Å². The van der Waals surface area contributed by atoms with E-state index in [-0.39, 0.29) is 17.5 Å². The molecule has 1 aromatic rings. The van der Waals surface area contributed by atoms with Crippen molar-refractivity contribution < 1.29 is 13.6 Å². The van der Waals surface area contributed by atoms with Crippen LogP contribution in [0.5, 0.6) is 0 Å². The molecule has 1 amide bonds. The van der Waals surface area contributed by atoms with Crippen molar-refractivity contribution in [3.8, 4) is 0 Å². The fraction of sp³-hybridized carbons (Fsp3) is 0.222. The van der Waals surface area contributed by atoms with E-state index in [9.17, 15) is 13.6 Å². The van der Waals surface area contributed by atoms with Crippen molar-refractivity contribution in [1.82, 2.24) is 0 Å². The van der Waals surface area contributed by atoms with E-state index in [0.717, 1.165) is 0 Å². The van der Waals surface area contributed by atoms with Gasteiger partial charge in [-0.3, -0.25) is 4.79 Å². The Labute approximate surface area is 105 Å². The molecule has 7 heteroatoms. The molecule has 2 nitrogen and oxygen atoms in total. The highest BCUT2D eigenvalue weighted by atomic mass is 35.5. The van der Waals surface area contributed by atoms with Gasteiger partial charge >= 0.3 is 0 Å². The summed E-state index contributed by atoms with van der Waals surface area (Å²) < 4.78 is 23.6. The summed E-state index contributed by atoms with van der Waals surface area (Å²) in [6, 6.07) is 4.51. The van der Waals surface area contributed by atoms with Crippen LogP contribution in [0, 0.1) is 0 Å². The van der Waals surface area contributed by atoms with E-state index in [1.807, 2.05) is 0 Å². The van der Waals surface area contributed by atoms with Gasteiger partial charge in [0.05, 0.1) is 15.8 Å². The van der Waals surface area contributed by atoms with Crippen molar-refractivity contribution in [1.29, 1.82) is 0 Å². The van der Waals surface area contributed by atoms with Crippen LogP contribution in [0.3, 0.4) is 0 Å². The summed E-state index contributed by atoms with van der Waals surface area (Å²) in [6.07, 6.45) is 0. The minimum Gasteiger partial charge on any atom is -0.325 e. The van der Waals surface area contributed by atoms with Gasteiger partial charge in [-0.1, -0.05) is 35.0 Å². The molecule has 1 aromatic carbocycles. The van der Waals surface area contributed by atoms with Gasteiger partial charge in [0.15, 0.2) is 0 Å². The topological polar surface area (TPSA) is 29.1 Å². The number of rotatable bonds is 4. The van der Waals surface area contributed by atoms with Gasteiger partial charge in [-0.15, -0.1) is 0 Å². The largest absolute Gasteiger partial charge is 0.325 e. The first-order valence-corrected chi connectivity index (χ1v) is 5.94. The van der Waals surface area contributed by atoms with E-state index >= 15 is 0 Å². The fourth-order valence-electron chi connectivity index (χ4n) is 0.910. The van der Waals surface area contributed by atoms with Gasteiger partial charge in [0, 0.05) is 5.69 Å². The predicted molar refractivity (Wildman–Crippen MR) is 63.6 cm³/mol. The van der Waals surface area contributed by atoms with Gasteiger partial charge in [0.25, 0.3) is 5.76 Å². The van der Waals surface area contributed by atoms with Crippen molar-refractivity contribution in [2.24, 2.45) is 0 Å². The highest BCUT2D eigenvalue weighted by Crippen LogP contribution is 2.25. The molecule has 1 rings (SSSR count). The maximum atomic E-state index is 11.8. The van der Waals surface area contributed by atoms with Crippen LogP contribution in [-0.2, 0) is 4.79 Å². The van der Waals surface area contributed by atoms with E-state index in [2.05, 4.69) is 5.32 Å². The van der Waals surface area contributed by atoms with Crippen molar-refractivity contribution >= 4 is 46.6 Å². The molecule has 0 saturated heterocycles. The molecule has 0 aliphatic rings. The summed E-state index contributed by atoms with van der Waals surface area (Å²) in [5.74, 6) is -3.37. The first-order valence-electron chi connectivity index (χ1n) is 4.13. The molecule has 0 aliphatic carbocycles. The van der Waals surface area contributed by atoms with Crippen LogP contribution >= 0.6 is 35.0 Å². The first-order chi connectivity index (χ1) is 7.49. The number of thioether (sulfide) groups is 1. The number of halogens is 4. The van der Waals surface area contributed by atoms with E-state index in [0.29, 0.717) is 15.7 Å². The van der Waals surface area contributed by atoms with Crippen LogP contribution in [0.2, 0.25) is 10.0 Å². The number of alkyl halides is 2. The number of carbonyl (C=O) groups is 1. The number of nitrogens with one attached hydrogen (secondary N) is 1. The molecule has 0 fully saturated rings. The minimum absolute atomic E-state index is 0.262. The van der Waals surface area contributed by atoms with Crippen LogP contribution in [0.15, 0.2) is 18.2 Å². The SMILES string of the molecule is O=C(CSC(F)F)Nc1ccc(Cl)c(Cl)c1. The highest BCUT2D eigenvalue weighted by molar-refractivity contribution is 8.00. The second-order valence-electron chi connectivity index (χ2n) is 2.75.